The molecule has 2 unspecified atom stereocenters. The standard InChI is InChI=1S/C13H18O/c1-9-4-3-5-11-6-12(7-13(9)11)10(2)8-14/h3-5,10,12,14H,6-8H2,1-2H3. The van der Waals surface area contributed by atoms with Gasteiger partial charge in [0.15, 0.2) is 0 Å². The molecule has 0 fully saturated rings. The van der Waals surface area contributed by atoms with Crippen molar-refractivity contribution in [2.45, 2.75) is 26.7 Å². The Balaban J connectivity index is 2.22. The molecule has 1 N–H and O–H groups in total. The van der Waals surface area contributed by atoms with Crippen LogP contribution in [0.3, 0.4) is 0 Å². The Morgan fingerprint density at radius 2 is 2.21 bits per heavy atom. The van der Waals surface area contributed by atoms with E-state index in [1.807, 2.05) is 0 Å². The van der Waals surface area contributed by atoms with Gasteiger partial charge in [0.2, 0.25) is 0 Å². The smallest absolute Gasteiger partial charge is 0.0459 e. The second-order valence-corrected chi connectivity index (χ2v) is 4.54. The van der Waals surface area contributed by atoms with Gasteiger partial charge in [0.25, 0.3) is 0 Å². The Kier molecular flexibility index (Phi) is 2.60. The van der Waals surface area contributed by atoms with E-state index in [2.05, 4.69) is 32.0 Å². The lowest BCUT2D eigenvalue weighted by Crippen LogP contribution is -2.15. The van der Waals surface area contributed by atoms with Gasteiger partial charge < -0.3 is 5.11 Å². The Morgan fingerprint density at radius 1 is 1.43 bits per heavy atom. The van der Waals surface area contributed by atoms with Crippen molar-refractivity contribution in [2.75, 3.05) is 6.61 Å². The molecule has 0 radical (unpaired) electrons. The molecule has 1 aromatic rings. The third-order valence-electron chi connectivity index (χ3n) is 3.55. The van der Waals surface area contributed by atoms with Gasteiger partial charge in [-0.3, -0.25) is 0 Å². The summed E-state index contributed by atoms with van der Waals surface area (Å²) in [6, 6.07) is 6.55. The van der Waals surface area contributed by atoms with Gasteiger partial charge in [-0.25, -0.2) is 0 Å². The van der Waals surface area contributed by atoms with Crippen molar-refractivity contribution in [3.63, 3.8) is 0 Å². The van der Waals surface area contributed by atoms with Gasteiger partial charge in [0.05, 0.1) is 0 Å². The normalized spacial score (nSPS) is 22.1. The number of benzene rings is 1. The summed E-state index contributed by atoms with van der Waals surface area (Å²) in [7, 11) is 0. The first-order chi connectivity index (χ1) is 6.72. The number of hydrogen-bond acceptors (Lipinski definition) is 1. The van der Waals surface area contributed by atoms with Gasteiger partial charge in [-0.1, -0.05) is 25.1 Å². The van der Waals surface area contributed by atoms with Crippen molar-refractivity contribution in [1.29, 1.82) is 0 Å². The number of rotatable bonds is 2. The number of aryl methyl sites for hydroxylation is 1. The fourth-order valence-corrected chi connectivity index (χ4v) is 2.41. The van der Waals surface area contributed by atoms with Gasteiger partial charge >= 0.3 is 0 Å². The van der Waals surface area contributed by atoms with E-state index in [1.165, 1.54) is 16.7 Å². The maximum absolute atomic E-state index is 9.14. The minimum Gasteiger partial charge on any atom is -0.396 e. The predicted octanol–water partition coefficient (Wildman–Crippen LogP) is 2.34. The van der Waals surface area contributed by atoms with Gasteiger partial charge in [-0.15, -0.1) is 0 Å². The molecule has 0 saturated carbocycles. The molecule has 1 aliphatic rings. The highest BCUT2D eigenvalue weighted by molar-refractivity contribution is 5.38. The summed E-state index contributed by atoms with van der Waals surface area (Å²) in [4.78, 5) is 0. The SMILES string of the molecule is Cc1cccc2c1CC(C(C)CO)C2. The van der Waals surface area contributed by atoms with Crippen LogP contribution in [0.5, 0.6) is 0 Å². The van der Waals surface area contributed by atoms with Crippen molar-refractivity contribution in [1.82, 2.24) is 0 Å². The highest BCUT2D eigenvalue weighted by Gasteiger charge is 2.26. The lowest BCUT2D eigenvalue weighted by molar-refractivity contribution is 0.191. The Hall–Kier alpha value is -0.820. The summed E-state index contributed by atoms with van der Waals surface area (Å²) >= 11 is 0. The van der Waals surface area contributed by atoms with Crippen LogP contribution in [-0.4, -0.2) is 11.7 Å². The summed E-state index contributed by atoms with van der Waals surface area (Å²) in [5, 5.41) is 9.14. The van der Waals surface area contributed by atoms with Gasteiger partial charge in [-0.2, -0.15) is 0 Å². The lowest BCUT2D eigenvalue weighted by Gasteiger charge is -2.15. The molecule has 0 heterocycles. The largest absolute Gasteiger partial charge is 0.396 e. The summed E-state index contributed by atoms with van der Waals surface area (Å²) in [6.07, 6.45) is 2.31. The molecule has 2 atom stereocenters. The van der Waals surface area contributed by atoms with Crippen molar-refractivity contribution in [3.05, 3.63) is 34.9 Å². The molecule has 0 saturated heterocycles. The van der Waals surface area contributed by atoms with E-state index in [9.17, 15) is 0 Å². The molecule has 0 aromatic heterocycles. The van der Waals surface area contributed by atoms with Crippen LogP contribution in [0.1, 0.15) is 23.6 Å². The van der Waals surface area contributed by atoms with E-state index in [1.54, 1.807) is 0 Å². The maximum Gasteiger partial charge on any atom is 0.0459 e. The van der Waals surface area contributed by atoms with E-state index >= 15 is 0 Å². The summed E-state index contributed by atoms with van der Waals surface area (Å²) in [6.45, 7) is 4.65. The molecule has 0 spiro atoms. The molecule has 1 nitrogen and oxygen atoms in total. The number of fused-ring (bicyclic) bond motifs is 1. The van der Waals surface area contributed by atoms with E-state index in [-0.39, 0.29) is 0 Å². The van der Waals surface area contributed by atoms with Gasteiger partial charge in [0.1, 0.15) is 0 Å². The first-order valence-corrected chi connectivity index (χ1v) is 5.40. The Morgan fingerprint density at radius 3 is 2.86 bits per heavy atom. The zero-order chi connectivity index (χ0) is 10.1. The topological polar surface area (TPSA) is 20.2 Å². The van der Waals surface area contributed by atoms with Crippen molar-refractivity contribution in [2.24, 2.45) is 11.8 Å². The maximum atomic E-state index is 9.14. The molecular weight excluding hydrogens is 172 g/mol. The monoisotopic (exact) mass is 190 g/mol. The third-order valence-corrected chi connectivity index (χ3v) is 3.55. The van der Waals surface area contributed by atoms with Crippen molar-refractivity contribution in [3.8, 4) is 0 Å². The van der Waals surface area contributed by atoms with Crippen molar-refractivity contribution >= 4 is 0 Å². The molecule has 76 valence electrons. The molecular formula is C13H18O. The van der Waals surface area contributed by atoms with Gasteiger partial charge in [-0.05, 0) is 48.3 Å². The molecule has 2 rings (SSSR count). The van der Waals surface area contributed by atoms with Crippen molar-refractivity contribution < 1.29 is 5.11 Å². The lowest BCUT2D eigenvalue weighted by atomic mass is 9.92. The minimum absolute atomic E-state index is 0.317. The van der Waals surface area contributed by atoms with E-state index in [4.69, 9.17) is 5.11 Å². The van der Waals surface area contributed by atoms with E-state index in [0.717, 1.165) is 12.8 Å². The van der Waals surface area contributed by atoms with E-state index < -0.39 is 0 Å². The van der Waals surface area contributed by atoms with Crippen LogP contribution in [-0.2, 0) is 12.8 Å². The van der Waals surface area contributed by atoms with Crippen LogP contribution in [0.25, 0.3) is 0 Å². The molecule has 14 heavy (non-hydrogen) atoms. The average Bonchev–Trinajstić information content (AvgIpc) is 2.62. The third kappa shape index (κ3) is 1.57. The number of aliphatic hydroxyl groups excluding tert-OH is 1. The zero-order valence-electron chi connectivity index (χ0n) is 8.96. The Labute approximate surface area is 85.8 Å². The highest BCUT2D eigenvalue weighted by Crippen LogP contribution is 2.33. The van der Waals surface area contributed by atoms with E-state index in [0.29, 0.717) is 18.4 Å². The molecule has 1 aliphatic carbocycles. The highest BCUT2D eigenvalue weighted by atomic mass is 16.3. The predicted molar refractivity (Wildman–Crippen MR) is 58.3 cm³/mol. The summed E-state index contributed by atoms with van der Waals surface area (Å²) in [5.41, 5.74) is 4.43. The van der Waals surface area contributed by atoms with Crippen LogP contribution in [0, 0.1) is 18.8 Å². The van der Waals surface area contributed by atoms with Crippen LogP contribution < -0.4 is 0 Å². The first-order valence-electron chi connectivity index (χ1n) is 5.40. The van der Waals surface area contributed by atoms with Crippen LogP contribution >= 0.6 is 0 Å². The van der Waals surface area contributed by atoms with Crippen LogP contribution in [0.2, 0.25) is 0 Å². The number of hydrogen-bond donors (Lipinski definition) is 1. The quantitative estimate of drug-likeness (QED) is 0.759. The van der Waals surface area contributed by atoms with Gasteiger partial charge in [0, 0.05) is 6.61 Å². The molecule has 0 aliphatic heterocycles. The fraction of sp³-hybridized carbons (Fsp3) is 0.538. The molecule has 1 aromatic carbocycles. The number of aliphatic hydroxyl groups is 1. The Bertz CT molecular complexity index is 330. The summed E-state index contributed by atoms with van der Waals surface area (Å²) < 4.78 is 0. The van der Waals surface area contributed by atoms with Crippen LogP contribution in [0.15, 0.2) is 18.2 Å². The average molecular weight is 190 g/mol. The summed E-state index contributed by atoms with van der Waals surface area (Å²) in [5.74, 6) is 1.08. The second kappa shape index (κ2) is 3.74. The minimum atomic E-state index is 0.317. The van der Waals surface area contributed by atoms with Crippen LogP contribution in [0.4, 0.5) is 0 Å². The molecule has 0 bridgehead atoms. The second-order valence-electron chi connectivity index (χ2n) is 4.54. The molecule has 0 amide bonds. The molecule has 1 heteroatoms. The fourth-order valence-electron chi connectivity index (χ4n) is 2.41. The zero-order valence-corrected chi connectivity index (χ0v) is 8.96. The first kappa shape index (κ1) is 9.72.